The molecule has 0 spiro atoms. The predicted octanol–water partition coefficient (Wildman–Crippen LogP) is 4.45. The Labute approximate surface area is 139 Å². The first kappa shape index (κ1) is 16.0. The zero-order valence-corrected chi connectivity index (χ0v) is 15.4. The number of nitrogens with one attached hydrogen (secondary N) is 1. The van der Waals surface area contributed by atoms with Gasteiger partial charge in [-0.2, -0.15) is 0 Å². The molecule has 1 unspecified atom stereocenters. The van der Waals surface area contributed by atoms with Crippen LogP contribution in [0.1, 0.15) is 27.6 Å². The first-order valence-electron chi connectivity index (χ1n) is 6.04. The topological polar surface area (TPSA) is 47.3 Å². The van der Waals surface area contributed by atoms with Crippen molar-refractivity contribution in [1.29, 1.82) is 0 Å². The Morgan fingerprint density at radius 3 is 2.50 bits per heavy atom. The standard InChI is InChI=1S/C14H16Br2N2OS/c1-7-4-5-9(13(19-3)8(7)2)12(18-17)11-6-10(15)14(16)20-11/h4-6,12,18H,17H2,1-3H3. The Morgan fingerprint density at radius 2 is 2.00 bits per heavy atom. The summed E-state index contributed by atoms with van der Waals surface area (Å²) in [5.41, 5.74) is 6.27. The fourth-order valence-corrected chi connectivity index (χ4v) is 4.31. The van der Waals surface area contributed by atoms with E-state index < -0.39 is 0 Å². The van der Waals surface area contributed by atoms with Gasteiger partial charge < -0.3 is 4.74 Å². The molecule has 6 heteroatoms. The van der Waals surface area contributed by atoms with Gasteiger partial charge >= 0.3 is 0 Å². The number of aryl methyl sites for hydroxylation is 1. The summed E-state index contributed by atoms with van der Waals surface area (Å²) in [6.07, 6.45) is 0. The summed E-state index contributed by atoms with van der Waals surface area (Å²) in [7, 11) is 1.69. The highest BCUT2D eigenvalue weighted by Crippen LogP contribution is 2.40. The van der Waals surface area contributed by atoms with Crippen LogP contribution in [0.5, 0.6) is 5.75 Å². The molecule has 1 atom stereocenters. The number of methoxy groups -OCH3 is 1. The van der Waals surface area contributed by atoms with Crippen molar-refractivity contribution in [2.45, 2.75) is 19.9 Å². The quantitative estimate of drug-likeness (QED) is 0.568. The van der Waals surface area contributed by atoms with Crippen molar-refractivity contribution < 1.29 is 4.74 Å². The predicted molar refractivity (Wildman–Crippen MR) is 91.4 cm³/mol. The Balaban J connectivity index is 2.55. The van der Waals surface area contributed by atoms with Gasteiger partial charge in [0, 0.05) is 14.9 Å². The molecule has 108 valence electrons. The van der Waals surface area contributed by atoms with Crippen molar-refractivity contribution in [2.24, 2.45) is 5.84 Å². The van der Waals surface area contributed by atoms with Crippen molar-refractivity contribution in [3.63, 3.8) is 0 Å². The van der Waals surface area contributed by atoms with Gasteiger partial charge in [0.2, 0.25) is 0 Å². The molecule has 0 aliphatic rings. The van der Waals surface area contributed by atoms with E-state index in [0.29, 0.717) is 0 Å². The molecule has 3 N–H and O–H groups in total. The molecular weight excluding hydrogens is 404 g/mol. The van der Waals surface area contributed by atoms with E-state index in [-0.39, 0.29) is 6.04 Å². The van der Waals surface area contributed by atoms with Gasteiger partial charge in [0.25, 0.3) is 0 Å². The third kappa shape index (κ3) is 2.94. The minimum atomic E-state index is -0.100. The highest BCUT2D eigenvalue weighted by molar-refractivity contribution is 9.13. The van der Waals surface area contributed by atoms with Crippen LogP contribution in [0.2, 0.25) is 0 Å². The fourth-order valence-electron chi connectivity index (χ4n) is 2.14. The number of hydrogen-bond acceptors (Lipinski definition) is 4. The van der Waals surface area contributed by atoms with Crippen LogP contribution in [0.15, 0.2) is 26.5 Å². The molecule has 20 heavy (non-hydrogen) atoms. The number of hydrazine groups is 1. The van der Waals surface area contributed by atoms with Crippen LogP contribution in [-0.2, 0) is 0 Å². The monoisotopic (exact) mass is 418 g/mol. The Bertz CT molecular complexity index is 608. The molecule has 0 saturated heterocycles. The van der Waals surface area contributed by atoms with Crippen molar-refractivity contribution in [1.82, 2.24) is 5.43 Å². The minimum absolute atomic E-state index is 0.100. The van der Waals surface area contributed by atoms with E-state index in [1.807, 2.05) is 0 Å². The van der Waals surface area contributed by atoms with Crippen molar-refractivity contribution >= 4 is 43.2 Å². The molecule has 0 aliphatic carbocycles. The molecule has 0 aliphatic heterocycles. The molecule has 1 heterocycles. The molecule has 0 fully saturated rings. The zero-order valence-electron chi connectivity index (χ0n) is 11.5. The van der Waals surface area contributed by atoms with E-state index in [9.17, 15) is 0 Å². The Kier molecular flexibility index (Phi) is 5.25. The van der Waals surface area contributed by atoms with Gasteiger partial charge in [0.1, 0.15) is 5.75 Å². The third-order valence-electron chi connectivity index (χ3n) is 3.34. The molecule has 0 amide bonds. The summed E-state index contributed by atoms with van der Waals surface area (Å²) < 4.78 is 7.66. The maximum atomic E-state index is 5.78. The number of rotatable bonds is 4. The number of thiophene rings is 1. The molecule has 3 nitrogen and oxygen atoms in total. The maximum Gasteiger partial charge on any atom is 0.127 e. The highest BCUT2D eigenvalue weighted by Gasteiger charge is 2.21. The van der Waals surface area contributed by atoms with Crippen LogP contribution in [0.4, 0.5) is 0 Å². The van der Waals surface area contributed by atoms with Gasteiger partial charge in [-0.1, -0.05) is 12.1 Å². The molecule has 2 rings (SSSR count). The van der Waals surface area contributed by atoms with Gasteiger partial charge in [-0.3, -0.25) is 5.84 Å². The van der Waals surface area contributed by atoms with Crippen LogP contribution in [0.3, 0.4) is 0 Å². The second-order valence-electron chi connectivity index (χ2n) is 4.50. The Morgan fingerprint density at radius 1 is 1.30 bits per heavy atom. The lowest BCUT2D eigenvalue weighted by molar-refractivity contribution is 0.401. The number of halogens is 2. The second kappa shape index (κ2) is 6.58. The van der Waals surface area contributed by atoms with Crippen LogP contribution < -0.4 is 16.0 Å². The molecule has 0 radical (unpaired) electrons. The lowest BCUT2D eigenvalue weighted by atomic mass is 9.98. The average molecular weight is 420 g/mol. The van der Waals surface area contributed by atoms with Gasteiger partial charge in [0.15, 0.2) is 0 Å². The number of benzene rings is 1. The van der Waals surface area contributed by atoms with Gasteiger partial charge in [0.05, 0.1) is 16.9 Å². The van der Waals surface area contributed by atoms with E-state index in [0.717, 1.165) is 30.0 Å². The van der Waals surface area contributed by atoms with E-state index in [1.54, 1.807) is 18.4 Å². The summed E-state index contributed by atoms with van der Waals surface area (Å²) in [6.45, 7) is 4.14. The number of hydrogen-bond donors (Lipinski definition) is 2. The Hall–Kier alpha value is -0.400. The maximum absolute atomic E-state index is 5.78. The first-order valence-corrected chi connectivity index (χ1v) is 8.44. The lowest BCUT2D eigenvalue weighted by Gasteiger charge is -2.20. The average Bonchev–Trinajstić information content (AvgIpc) is 2.75. The summed E-state index contributed by atoms with van der Waals surface area (Å²) >= 11 is 8.67. The van der Waals surface area contributed by atoms with E-state index in [4.69, 9.17) is 10.6 Å². The summed E-state index contributed by atoms with van der Waals surface area (Å²) in [5.74, 6) is 6.66. The van der Waals surface area contributed by atoms with E-state index in [2.05, 4.69) is 69.3 Å². The van der Waals surface area contributed by atoms with Crippen LogP contribution in [0, 0.1) is 13.8 Å². The fraction of sp³-hybridized carbons (Fsp3) is 0.286. The van der Waals surface area contributed by atoms with E-state index in [1.165, 1.54) is 5.56 Å². The zero-order chi connectivity index (χ0) is 14.9. The van der Waals surface area contributed by atoms with Crippen molar-refractivity contribution in [3.05, 3.63) is 48.0 Å². The second-order valence-corrected chi connectivity index (χ2v) is 7.76. The largest absolute Gasteiger partial charge is 0.496 e. The van der Waals surface area contributed by atoms with Crippen LogP contribution >= 0.6 is 43.2 Å². The molecule has 2 aromatic rings. The number of nitrogens with two attached hydrogens (primary N) is 1. The lowest BCUT2D eigenvalue weighted by Crippen LogP contribution is -2.28. The third-order valence-corrected chi connectivity index (χ3v) is 6.66. The molecule has 0 saturated carbocycles. The normalized spacial score (nSPS) is 12.5. The summed E-state index contributed by atoms with van der Waals surface area (Å²) in [4.78, 5) is 1.12. The minimum Gasteiger partial charge on any atom is -0.496 e. The summed E-state index contributed by atoms with van der Waals surface area (Å²) in [6, 6.07) is 6.12. The van der Waals surface area contributed by atoms with Crippen LogP contribution in [-0.4, -0.2) is 7.11 Å². The van der Waals surface area contributed by atoms with Crippen LogP contribution in [0.25, 0.3) is 0 Å². The van der Waals surface area contributed by atoms with Gasteiger partial charge in [-0.25, -0.2) is 5.43 Å². The smallest absolute Gasteiger partial charge is 0.127 e. The first-order chi connectivity index (χ1) is 9.49. The SMILES string of the molecule is COc1c(C(NN)c2cc(Br)c(Br)s2)ccc(C)c1C. The molecule has 1 aromatic heterocycles. The van der Waals surface area contributed by atoms with Crippen molar-refractivity contribution in [3.8, 4) is 5.75 Å². The highest BCUT2D eigenvalue weighted by atomic mass is 79.9. The summed E-state index contributed by atoms with van der Waals surface area (Å²) in [5, 5.41) is 0. The van der Waals surface area contributed by atoms with Gasteiger partial charge in [-0.05, 0) is 62.9 Å². The molecular formula is C14H16Br2N2OS. The van der Waals surface area contributed by atoms with Crippen molar-refractivity contribution in [2.75, 3.05) is 7.11 Å². The van der Waals surface area contributed by atoms with Gasteiger partial charge in [-0.15, -0.1) is 11.3 Å². The number of ether oxygens (including phenoxy) is 1. The van der Waals surface area contributed by atoms with E-state index >= 15 is 0 Å². The molecule has 0 bridgehead atoms. The molecule has 1 aromatic carbocycles.